The molecule has 1 heterocycles. The lowest BCUT2D eigenvalue weighted by atomic mass is 10.1. The number of nitrogens with zero attached hydrogens (tertiary/aromatic N) is 1. The molecule has 148 valence electrons. The standard InChI is InChI=1S/C22H16Cl2N2S2.BrH/c1-27-16-12-10-14(11-13-16)19-21(15-6-3-2-4-7-15)28-22(25-19)26-20-17(23)8-5-9-18(20)24;/h2-13H,1H3,(H,25,26);1H/p-1. The van der Waals surface area contributed by atoms with E-state index in [1.54, 1.807) is 23.1 Å². The first-order chi connectivity index (χ1) is 13.7. The second kappa shape index (κ2) is 10.0. The molecule has 1 N–H and O–H groups in total. The van der Waals surface area contributed by atoms with Crippen LogP contribution in [0.2, 0.25) is 10.0 Å². The monoisotopic (exact) mass is 521 g/mol. The highest BCUT2D eigenvalue weighted by molar-refractivity contribution is 7.98. The Kier molecular flexibility index (Phi) is 7.66. The Balaban J connectivity index is 0.00000240. The van der Waals surface area contributed by atoms with Gasteiger partial charge in [-0.1, -0.05) is 83.1 Å². The summed E-state index contributed by atoms with van der Waals surface area (Å²) in [5.41, 5.74) is 3.81. The molecule has 4 aromatic rings. The van der Waals surface area contributed by atoms with Crippen LogP contribution in [0.5, 0.6) is 0 Å². The van der Waals surface area contributed by atoms with Crippen LogP contribution in [0.25, 0.3) is 21.7 Å². The molecule has 29 heavy (non-hydrogen) atoms. The van der Waals surface area contributed by atoms with Crippen molar-refractivity contribution in [3.05, 3.63) is 82.8 Å². The number of benzene rings is 3. The zero-order chi connectivity index (χ0) is 19.5. The molecule has 0 aliphatic rings. The second-order valence-corrected chi connectivity index (χ2v) is 8.71. The summed E-state index contributed by atoms with van der Waals surface area (Å²) in [5.74, 6) is 0. The van der Waals surface area contributed by atoms with Gasteiger partial charge in [0, 0.05) is 10.5 Å². The Morgan fingerprint density at radius 3 is 2.10 bits per heavy atom. The van der Waals surface area contributed by atoms with Gasteiger partial charge in [-0.2, -0.15) is 0 Å². The van der Waals surface area contributed by atoms with Gasteiger partial charge in [0.1, 0.15) is 0 Å². The second-order valence-electron chi connectivity index (χ2n) is 6.01. The molecule has 1 aromatic heterocycles. The third-order valence-corrected chi connectivity index (χ3v) is 6.61. The van der Waals surface area contributed by atoms with E-state index in [9.17, 15) is 0 Å². The summed E-state index contributed by atoms with van der Waals surface area (Å²) >= 11 is 16.0. The minimum Gasteiger partial charge on any atom is -1.00 e. The van der Waals surface area contributed by atoms with E-state index >= 15 is 0 Å². The van der Waals surface area contributed by atoms with E-state index in [-0.39, 0.29) is 17.0 Å². The van der Waals surface area contributed by atoms with Crippen LogP contribution in [0.1, 0.15) is 0 Å². The van der Waals surface area contributed by atoms with Crippen LogP contribution in [-0.4, -0.2) is 11.2 Å². The first kappa shape index (κ1) is 22.2. The van der Waals surface area contributed by atoms with E-state index in [0.717, 1.165) is 26.8 Å². The van der Waals surface area contributed by atoms with Crippen LogP contribution in [0.3, 0.4) is 0 Å². The fraction of sp³-hybridized carbons (Fsp3) is 0.0455. The summed E-state index contributed by atoms with van der Waals surface area (Å²) in [6.45, 7) is 0. The maximum atomic E-state index is 6.32. The molecule has 7 heteroatoms. The average Bonchev–Trinajstić information content (AvgIpc) is 3.15. The summed E-state index contributed by atoms with van der Waals surface area (Å²) < 4.78 is 0. The topological polar surface area (TPSA) is 24.9 Å². The molecule has 0 radical (unpaired) electrons. The normalized spacial score (nSPS) is 10.4. The lowest BCUT2D eigenvalue weighted by molar-refractivity contribution is -0.00000520. The lowest BCUT2D eigenvalue weighted by Crippen LogP contribution is -3.00. The summed E-state index contributed by atoms with van der Waals surface area (Å²) in [6.07, 6.45) is 2.07. The molecule has 0 atom stereocenters. The molecule has 0 amide bonds. The van der Waals surface area contributed by atoms with Crippen molar-refractivity contribution in [3.8, 4) is 21.7 Å². The van der Waals surface area contributed by atoms with Gasteiger partial charge in [-0.3, -0.25) is 0 Å². The Morgan fingerprint density at radius 1 is 0.828 bits per heavy atom. The molecule has 0 spiro atoms. The van der Waals surface area contributed by atoms with Crippen molar-refractivity contribution >= 4 is 57.1 Å². The zero-order valence-corrected chi connectivity index (χ0v) is 20.1. The molecule has 2 nitrogen and oxygen atoms in total. The quantitative estimate of drug-likeness (QED) is 0.362. The number of aromatic nitrogens is 1. The highest BCUT2D eigenvalue weighted by atomic mass is 79.9. The van der Waals surface area contributed by atoms with Crippen molar-refractivity contribution in [2.75, 3.05) is 11.6 Å². The van der Waals surface area contributed by atoms with Gasteiger partial charge < -0.3 is 22.3 Å². The largest absolute Gasteiger partial charge is 1.00 e. The van der Waals surface area contributed by atoms with Gasteiger partial charge in [0.25, 0.3) is 0 Å². The van der Waals surface area contributed by atoms with Crippen LogP contribution >= 0.6 is 46.3 Å². The van der Waals surface area contributed by atoms with Gasteiger partial charge in [0.15, 0.2) is 5.13 Å². The van der Waals surface area contributed by atoms with E-state index < -0.39 is 0 Å². The maximum absolute atomic E-state index is 6.32. The van der Waals surface area contributed by atoms with Crippen molar-refractivity contribution in [2.45, 2.75) is 4.90 Å². The molecule has 0 saturated carbocycles. The number of hydrogen-bond acceptors (Lipinski definition) is 4. The molecule has 0 bridgehead atoms. The van der Waals surface area contributed by atoms with E-state index in [0.29, 0.717) is 15.7 Å². The van der Waals surface area contributed by atoms with E-state index in [2.05, 4.69) is 48.0 Å². The van der Waals surface area contributed by atoms with Crippen molar-refractivity contribution in [3.63, 3.8) is 0 Å². The molecular weight excluding hydrogens is 507 g/mol. The molecule has 4 rings (SSSR count). The molecule has 0 fully saturated rings. The zero-order valence-electron chi connectivity index (χ0n) is 15.3. The number of thioether (sulfide) groups is 1. The smallest absolute Gasteiger partial charge is 0.188 e. The van der Waals surface area contributed by atoms with Gasteiger partial charge in [-0.05, 0) is 36.1 Å². The van der Waals surface area contributed by atoms with Gasteiger partial charge in [0.05, 0.1) is 26.3 Å². The summed E-state index contributed by atoms with van der Waals surface area (Å²) in [6, 6.07) is 24.2. The molecule has 3 aromatic carbocycles. The number of thiazole rings is 1. The summed E-state index contributed by atoms with van der Waals surface area (Å²) in [4.78, 5) is 7.20. The minimum atomic E-state index is 0. The SMILES string of the molecule is CSc1ccc(-c2nc(Nc3c(Cl)cccc3Cl)sc2-c2ccccc2)cc1.[Br-]. The fourth-order valence-corrected chi connectivity index (χ4v) is 4.73. The minimum absolute atomic E-state index is 0. The van der Waals surface area contributed by atoms with Crippen LogP contribution in [0.4, 0.5) is 10.8 Å². The van der Waals surface area contributed by atoms with Crippen molar-refractivity contribution in [1.82, 2.24) is 4.98 Å². The average molecular weight is 523 g/mol. The molecule has 0 unspecified atom stereocenters. The number of halogens is 3. The van der Waals surface area contributed by atoms with Gasteiger partial charge in [0.2, 0.25) is 0 Å². The first-order valence-corrected chi connectivity index (χ1v) is 11.4. The summed E-state index contributed by atoms with van der Waals surface area (Å²) in [7, 11) is 0. The van der Waals surface area contributed by atoms with Gasteiger partial charge >= 0.3 is 0 Å². The number of hydrogen-bond donors (Lipinski definition) is 1. The Hall–Kier alpha value is -1.50. The van der Waals surface area contributed by atoms with Crippen LogP contribution in [-0.2, 0) is 0 Å². The van der Waals surface area contributed by atoms with E-state index in [1.807, 2.05) is 36.4 Å². The number of anilines is 2. The Morgan fingerprint density at radius 2 is 1.48 bits per heavy atom. The van der Waals surface area contributed by atoms with Crippen LogP contribution < -0.4 is 22.3 Å². The Labute approximate surface area is 199 Å². The van der Waals surface area contributed by atoms with Crippen molar-refractivity contribution in [1.29, 1.82) is 0 Å². The maximum Gasteiger partial charge on any atom is 0.188 e. The highest BCUT2D eigenvalue weighted by Crippen LogP contribution is 2.42. The lowest BCUT2D eigenvalue weighted by Gasteiger charge is -2.07. The number of nitrogens with one attached hydrogen (secondary N) is 1. The third-order valence-electron chi connectivity index (χ3n) is 4.22. The van der Waals surface area contributed by atoms with E-state index in [1.165, 1.54) is 4.90 Å². The molecule has 0 aliphatic carbocycles. The predicted molar refractivity (Wildman–Crippen MR) is 125 cm³/mol. The molecular formula is C22H16BrCl2N2S2-. The molecule has 0 saturated heterocycles. The van der Waals surface area contributed by atoms with E-state index in [4.69, 9.17) is 28.2 Å². The van der Waals surface area contributed by atoms with Crippen LogP contribution in [0, 0.1) is 0 Å². The Bertz CT molecular complexity index is 1080. The van der Waals surface area contributed by atoms with Gasteiger partial charge in [-0.15, -0.1) is 11.8 Å². The summed E-state index contributed by atoms with van der Waals surface area (Å²) in [5, 5.41) is 5.18. The molecule has 0 aliphatic heterocycles. The number of rotatable bonds is 5. The third kappa shape index (κ3) is 4.98. The van der Waals surface area contributed by atoms with Gasteiger partial charge in [-0.25, -0.2) is 4.98 Å². The van der Waals surface area contributed by atoms with Crippen molar-refractivity contribution < 1.29 is 17.0 Å². The fourth-order valence-electron chi connectivity index (χ4n) is 2.83. The highest BCUT2D eigenvalue weighted by Gasteiger charge is 2.16. The number of para-hydroxylation sites is 1. The first-order valence-electron chi connectivity index (χ1n) is 8.57. The van der Waals surface area contributed by atoms with Crippen LogP contribution in [0.15, 0.2) is 77.7 Å². The predicted octanol–water partition coefficient (Wildman–Crippen LogP) is 5.25. The van der Waals surface area contributed by atoms with Crippen molar-refractivity contribution in [2.24, 2.45) is 0 Å².